The number of nitro groups is 1. The lowest BCUT2D eigenvalue weighted by atomic mass is 10.1. The molecular formula is C14H16N4O4. The predicted octanol–water partition coefficient (Wildman–Crippen LogP) is 1.68. The zero-order valence-corrected chi connectivity index (χ0v) is 12.0. The van der Waals surface area contributed by atoms with E-state index in [0.717, 1.165) is 6.07 Å². The number of nitrogens with one attached hydrogen (secondary N) is 1. The molecule has 0 fully saturated rings. The maximum absolute atomic E-state index is 11.5. The minimum Gasteiger partial charge on any atom is -0.460 e. The first-order valence-corrected chi connectivity index (χ1v) is 6.56. The van der Waals surface area contributed by atoms with Gasteiger partial charge < -0.3 is 21.2 Å². The highest BCUT2D eigenvalue weighted by atomic mass is 16.6. The lowest BCUT2D eigenvalue weighted by Gasteiger charge is -2.08. The van der Waals surface area contributed by atoms with Crippen LogP contribution in [0.25, 0.3) is 11.0 Å². The van der Waals surface area contributed by atoms with Crippen LogP contribution in [0, 0.1) is 17.0 Å². The summed E-state index contributed by atoms with van der Waals surface area (Å²) in [4.78, 5) is 22.2. The number of amides is 1. The Hall–Kier alpha value is -2.87. The van der Waals surface area contributed by atoms with Crippen LogP contribution >= 0.6 is 0 Å². The average molecular weight is 304 g/mol. The molecule has 0 unspecified atom stereocenters. The largest absolute Gasteiger partial charge is 0.460 e. The summed E-state index contributed by atoms with van der Waals surface area (Å²) in [6, 6.07) is 2.76. The topological polar surface area (TPSA) is 137 Å². The van der Waals surface area contributed by atoms with E-state index in [0.29, 0.717) is 24.2 Å². The number of nitro benzene ring substituents is 1. The van der Waals surface area contributed by atoms with Gasteiger partial charge in [-0.1, -0.05) is 12.2 Å². The first kappa shape index (κ1) is 15.5. The zero-order chi connectivity index (χ0) is 16.3. The Morgan fingerprint density at radius 2 is 2.18 bits per heavy atom. The van der Waals surface area contributed by atoms with Crippen LogP contribution in [-0.4, -0.2) is 23.9 Å². The molecular weight excluding hydrogens is 288 g/mol. The van der Waals surface area contributed by atoms with Crippen LogP contribution in [0.4, 0.5) is 11.4 Å². The minimum atomic E-state index is -0.781. The van der Waals surface area contributed by atoms with E-state index >= 15 is 0 Å². The van der Waals surface area contributed by atoms with Crippen molar-refractivity contribution in [3.8, 4) is 0 Å². The molecule has 22 heavy (non-hydrogen) atoms. The number of nitrogens with zero attached hydrogens (tertiary/aromatic N) is 1. The number of aryl methyl sites for hydroxylation is 1. The summed E-state index contributed by atoms with van der Waals surface area (Å²) in [6.07, 6.45) is 3.49. The second-order valence-electron chi connectivity index (χ2n) is 4.63. The van der Waals surface area contributed by atoms with Crippen molar-refractivity contribution >= 4 is 28.3 Å². The average Bonchev–Trinajstić information content (AvgIpc) is 2.83. The highest BCUT2D eigenvalue weighted by molar-refractivity contribution is 6.10. The third kappa shape index (κ3) is 2.91. The summed E-state index contributed by atoms with van der Waals surface area (Å²) in [5.74, 6) is -0.254. The van der Waals surface area contributed by atoms with Crippen LogP contribution in [0.2, 0.25) is 0 Å². The summed E-state index contributed by atoms with van der Waals surface area (Å²) in [5, 5.41) is 14.7. The Balaban J connectivity index is 2.63. The van der Waals surface area contributed by atoms with Gasteiger partial charge in [0.2, 0.25) is 0 Å². The molecule has 1 aromatic carbocycles. The number of anilines is 1. The molecule has 5 N–H and O–H groups in total. The molecule has 0 saturated carbocycles. The SMILES string of the molecule is Cc1cc2c(NCC=CCN)c([N+](=O)[O-])cc(C(N)=O)c2o1. The molecule has 1 amide bonds. The first-order chi connectivity index (χ1) is 10.5. The number of furan rings is 1. The lowest BCUT2D eigenvalue weighted by molar-refractivity contribution is -0.383. The molecule has 0 atom stereocenters. The standard InChI is InChI=1S/C14H16N4O4/c1-8-6-9-12(17-5-3-2-4-15)11(18(20)21)7-10(14(16)19)13(9)22-8/h2-3,6-7,17H,4-5,15H2,1H3,(H2,16,19). The summed E-state index contributed by atoms with van der Waals surface area (Å²) in [7, 11) is 0. The van der Waals surface area contributed by atoms with E-state index in [-0.39, 0.29) is 22.5 Å². The van der Waals surface area contributed by atoms with Crippen molar-refractivity contribution in [2.75, 3.05) is 18.4 Å². The Bertz CT molecular complexity index is 764. The number of rotatable bonds is 6. The van der Waals surface area contributed by atoms with E-state index in [1.54, 1.807) is 25.1 Å². The second-order valence-corrected chi connectivity index (χ2v) is 4.63. The molecule has 8 heteroatoms. The van der Waals surface area contributed by atoms with E-state index in [4.69, 9.17) is 15.9 Å². The molecule has 0 radical (unpaired) electrons. The number of carbonyl (C=O) groups excluding carboxylic acids is 1. The zero-order valence-electron chi connectivity index (χ0n) is 12.0. The predicted molar refractivity (Wildman–Crippen MR) is 82.8 cm³/mol. The van der Waals surface area contributed by atoms with E-state index in [1.165, 1.54) is 0 Å². The fourth-order valence-electron chi connectivity index (χ4n) is 2.17. The molecule has 116 valence electrons. The lowest BCUT2D eigenvalue weighted by Crippen LogP contribution is -2.13. The summed E-state index contributed by atoms with van der Waals surface area (Å²) in [5.41, 5.74) is 10.9. The van der Waals surface area contributed by atoms with E-state index < -0.39 is 10.8 Å². The molecule has 2 rings (SSSR count). The molecule has 8 nitrogen and oxygen atoms in total. The molecule has 1 aromatic heterocycles. The highest BCUT2D eigenvalue weighted by Gasteiger charge is 2.24. The second kappa shape index (κ2) is 6.27. The molecule has 0 aliphatic heterocycles. The van der Waals surface area contributed by atoms with Crippen LogP contribution in [0.3, 0.4) is 0 Å². The molecule has 0 aliphatic carbocycles. The van der Waals surface area contributed by atoms with Crippen LogP contribution in [0.5, 0.6) is 0 Å². The van der Waals surface area contributed by atoms with Crippen molar-refractivity contribution in [3.05, 3.63) is 45.7 Å². The molecule has 0 spiro atoms. The van der Waals surface area contributed by atoms with Gasteiger partial charge in [0.25, 0.3) is 11.6 Å². The van der Waals surface area contributed by atoms with Crippen LogP contribution in [-0.2, 0) is 0 Å². The molecule has 0 saturated heterocycles. The van der Waals surface area contributed by atoms with Gasteiger partial charge >= 0.3 is 0 Å². The minimum absolute atomic E-state index is 0.0159. The van der Waals surface area contributed by atoms with Gasteiger partial charge in [-0.25, -0.2) is 0 Å². The quantitative estimate of drug-likeness (QED) is 0.421. The number of nitrogens with two attached hydrogens (primary N) is 2. The molecule has 0 bridgehead atoms. The Morgan fingerprint density at radius 1 is 1.45 bits per heavy atom. The number of fused-ring (bicyclic) bond motifs is 1. The van der Waals surface area contributed by atoms with Crippen molar-refractivity contribution in [1.82, 2.24) is 0 Å². The summed E-state index contributed by atoms with van der Waals surface area (Å²) in [6.45, 7) is 2.42. The Kier molecular flexibility index (Phi) is 4.42. The Morgan fingerprint density at radius 3 is 2.77 bits per heavy atom. The maximum Gasteiger partial charge on any atom is 0.294 e. The maximum atomic E-state index is 11.5. The molecule has 1 heterocycles. The van der Waals surface area contributed by atoms with Gasteiger partial charge in [0.05, 0.1) is 15.9 Å². The monoisotopic (exact) mass is 304 g/mol. The summed E-state index contributed by atoms with van der Waals surface area (Å²) >= 11 is 0. The van der Waals surface area contributed by atoms with Gasteiger partial charge in [0.1, 0.15) is 17.0 Å². The van der Waals surface area contributed by atoms with Crippen molar-refractivity contribution in [3.63, 3.8) is 0 Å². The van der Waals surface area contributed by atoms with Gasteiger partial charge in [-0.15, -0.1) is 0 Å². The normalized spacial score (nSPS) is 11.2. The Labute approximate surface area is 125 Å². The van der Waals surface area contributed by atoms with Crippen LogP contribution < -0.4 is 16.8 Å². The van der Waals surface area contributed by atoms with E-state index in [1.807, 2.05) is 0 Å². The number of primary amides is 1. The number of hydrogen-bond acceptors (Lipinski definition) is 6. The first-order valence-electron chi connectivity index (χ1n) is 6.56. The number of benzene rings is 1. The number of carbonyl (C=O) groups is 1. The summed E-state index contributed by atoms with van der Waals surface area (Å²) < 4.78 is 5.46. The van der Waals surface area contributed by atoms with Gasteiger partial charge in [0.15, 0.2) is 0 Å². The van der Waals surface area contributed by atoms with Crippen molar-refractivity contribution in [2.24, 2.45) is 11.5 Å². The smallest absolute Gasteiger partial charge is 0.294 e. The third-order valence-electron chi connectivity index (χ3n) is 3.07. The van der Waals surface area contributed by atoms with Gasteiger partial charge in [-0.2, -0.15) is 0 Å². The third-order valence-corrected chi connectivity index (χ3v) is 3.07. The van der Waals surface area contributed by atoms with Gasteiger partial charge in [-0.05, 0) is 13.0 Å². The fourth-order valence-corrected chi connectivity index (χ4v) is 2.17. The van der Waals surface area contributed by atoms with E-state index in [9.17, 15) is 14.9 Å². The van der Waals surface area contributed by atoms with Gasteiger partial charge in [-0.3, -0.25) is 14.9 Å². The van der Waals surface area contributed by atoms with Crippen molar-refractivity contribution < 1.29 is 14.1 Å². The number of hydrogen-bond donors (Lipinski definition) is 3. The molecule has 0 aliphatic rings. The van der Waals surface area contributed by atoms with Gasteiger partial charge in [0, 0.05) is 19.2 Å². The van der Waals surface area contributed by atoms with Crippen molar-refractivity contribution in [2.45, 2.75) is 6.92 Å². The highest BCUT2D eigenvalue weighted by Crippen LogP contribution is 2.37. The van der Waals surface area contributed by atoms with Crippen LogP contribution in [0.1, 0.15) is 16.1 Å². The fraction of sp³-hybridized carbons (Fsp3) is 0.214. The molecule has 2 aromatic rings. The van der Waals surface area contributed by atoms with Crippen LogP contribution in [0.15, 0.2) is 28.7 Å². The van der Waals surface area contributed by atoms with Crippen molar-refractivity contribution in [1.29, 1.82) is 0 Å². The van der Waals surface area contributed by atoms with E-state index in [2.05, 4.69) is 5.32 Å².